The highest BCUT2D eigenvalue weighted by Gasteiger charge is 2.11. The monoisotopic (exact) mass is 470 g/mol. The Hall–Kier alpha value is -3.62. The lowest BCUT2D eigenvalue weighted by Crippen LogP contribution is -2.14. The van der Waals surface area contributed by atoms with Gasteiger partial charge in [0.1, 0.15) is 26.4 Å². The molecule has 0 radical (unpaired) electrons. The van der Waals surface area contributed by atoms with Crippen molar-refractivity contribution in [1.29, 1.82) is 0 Å². The van der Waals surface area contributed by atoms with E-state index in [-0.39, 0.29) is 26.4 Å². The average Bonchev–Trinajstić information content (AvgIpc) is 2.87. The molecule has 0 saturated carbocycles. The Morgan fingerprint density at radius 1 is 0.588 bits per heavy atom. The summed E-state index contributed by atoms with van der Waals surface area (Å²) < 4.78 is 33.4. The zero-order valence-corrected chi connectivity index (χ0v) is 19.1. The third kappa shape index (κ3) is 8.73. The highest BCUT2D eigenvalue weighted by molar-refractivity contribution is 5.81. The first-order valence-corrected chi connectivity index (χ1v) is 10.8. The molecule has 0 aliphatic heterocycles. The second-order valence-electron chi connectivity index (χ2n) is 6.71. The van der Waals surface area contributed by atoms with Crippen molar-refractivity contribution in [3.8, 4) is 23.0 Å². The summed E-state index contributed by atoms with van der Waals surface area (Å²) in [5.74, 6) is 1.71. The summed E-state index contributed by atoms with van der Waals surface area (Å²) in [6.07, 6.45) is 4.63. The molecule has 182 valence electrons. The van der Waals surface area contributed by atoms with Gasteiger partial charge >= 0.3 is 0 Å². The Bertz CT molecular complexity index is 850. The normalized spacial score (nSPS) is 10.2. The van der Waals surface area contributed by atoms with E-state index in [0.29, 0.717) is 60.6 Å². The zero-order valence-electron chi connectivity index (χ0n) is 19.1. The highest BCUT2D eigenvalue weighted by atomic mass is 16.6. The van der Waals surface area contributed by atoms with Gasteiger partial charge in [-0.1, -0.05) is 37.4 Å². The number of carbonyl (C=O) groups excluding carboxylic acids is 2. The first-order valence-electron chi connectivity index (χ1n) is 10.8. The number of carbonyl (C=O) groups is 2. The van der Waals surface area contributed by atoms with Crippen LogP contribution in [0.25, 0.3) is 0 Å². The second-order valence-corrected chi connectivity index (χ2v) is 6.71. The molecule has 0 N–H and O–H groups in total. The van der Waals surface area contributed by atoms with Crippen LogP contribution in [0, 0.1) is 0 Å². The highest BCUT2D eigenvalue weighted by Crippen LogP contribution is 2.31. The van der Waals surface area contributed by atoms with E-state index in [9.17, 15) is 9.59 Å². The number of hydrogen-bond donors (Lipinski definition) is 0. The van der Waals surface area contributed by atoms with Gasteiger partial charge in [0.2, 0.25) is 0 Å². The van der Waals surface area contributed by atoms with Gasteiger partial charge in [-0.05, 0) is 24.3 Å². The molecule has 0 fully saturated rings. The van der Waals surface area contributed by atoms with Crippen LogP contribution >= 0.6 is 0 Å². The maximum Gasteiger partial charge on any atom is 0.172 e. The molecule has 2 aromatic carbocycles. The van der Waals surface area contributed by atoms with Gasteiger partial charge in [-0.2, -0.15) is 0 Å². The lowest BCUT2D eigenvalue weighted by atomic mass is 10.2. The molecule has 8 heteroatoms. The number of para-hydroxylation sites is 2. The molecule has 0 aliphatic rings. The van der Waals surface area contributed by atoms with E-state index in [1.54, 1.807) is 48.6 Å². The lowest BCUT2D eigenvalue weighted by Gasteiger charge is -2.14. The fraction of sp³-hybridized carbons (Fsp3) is 0.308. The molecule has 0 aliphatic carbocycles. The Morgan fingerprint density at radius 2 is 1.00 bits per heavy atom. The third-order valence-electron chi connectivity index (χ3n) is 4.31. The second kappa shape index (κ2) is 16.1. The standard InChI is InChI=1S/C26H30O8/c1-3-11-33-25-21(19-27)7-5-9-23(25)31-17-15-29-13-14-30-16-18-32-24-10-6-8-22(20-28)26(24)34-12-4-2/h3-10,19-20H,1-2,11-18H2. The first kappa shape index (κ1) is 26.6. The predicted octanol–water partition coefficient (Wildman–Crippen LogP) is 3.93. The molecular weight excluding hydrogens is 440 g/mol. The molecule has 0 saturated heterocycles. The van der Waals surface area contributed by atoms with Crippen LogP contribution < -0.4 is 18.9 Å². The van der Waals surface area contributed by atoms with Crippen molar-refractivity contribution in [2.75, 3.05) is 52.9 Å². The first-order chi connectivity index (χ1) is 16.7. The van der Waals surface area contributed by atoms with E-state index in [1.807, 2.05) is 0 Å². The van der Waals surface area contributed by atoms with Gasteiger partial charge in [-0.3, -0.25) is 9.59 Å². The van der Waals surface area contributed by atoms with Gasteiger partial charge in [-0.15, -0.1) is 0 Å². The van der Waals surface area contributed by atoms with Gasteiger partial charge in [0.05, 0.1) is 37.6 Å². The predicted molar refractivity (Wildman–Crippen MR) is 128 cm³/mol. The van der Waals surface area contributed by atoms with Gasteiger partial charge in [0.25, 0.3) is 0 Å². The van der Waals surface area contributed by atoms with Crippen molar-refractivity contribution in [2.24, 2.45) is 0 Å². The molecular formula is C26H30O8. The molecule has 2 aromatic rings. The number of hydrogen-bond acceptors (Lipinski definition) is 8. The Balaban J connectivity index is 1.63. The quantitative estimate of drug-likeness (QED) is 0.173. The summed E-state index contributed by atoms with van der Waals surface area (Å²) in [7, 11) is 0. The smallest absolute Gasteiger partial charge is 0.172 e. The molecule has 8 nitrogen and oxygen atoms in total. The number of benzene rings is 2. The number of aldehydes is 2. The molecule has 0 heterocycles. The maximum atomic E-state index is 11.2. The summed E-state index contributed by atoms with van der Waals surface area (Å²) >= 11 is 0. The summed E-state index contributed by atoms with van der Waals surface area (Å²) in [6.45, 7) is 9.77. The number of rotatable bonds is 19. The van der Waals surface area contributed by atoms with Crippen LogP contribution in [0.4, 0.5) is 0 Å². The van der Waals surface area contributed by atoms with Crippen molar-refractivity contribution in [1.82, 2.24) is 0 Å². The van der Waals surface area contributed by atoms with Crippen LogP contribution in [-0.2, 0) is 9.47 Å². The molecule has 0 spiro atoms. The van der Waals surface area contributed by atoms with E-state index in [4.69, 9.17) is 28.4 Å². The molecule has 0 bridgehead atoms. The van der Waals surface area contributed by atoms with Crippen molar-refractivity contribution < 1.29 is 38.0 Å². The minimum atomic E-state index is 0.268. The van der Waals surface area contributed by atoms with E-state index in [0.717, 1.165) is 12.6 Å². The lowest BCUT2D eigenvalue weighted by molar-refractivity contribution is 0.0268. The molecule has 0 unspecified atom stereocenters. The van der Waals surface area contributed by atoms with Gasteiger partial charge in [-0.25, -0.2) is 0 Å². The van der Waals surface area contributed by atoms with Gasteiger partial charge in [0.15, 0.2) is 35.6 Å². The Kier molecular flexibility index (Phi) is 12.6. The fourth-order valence-electron chi connectivity index (χ4n) is 2.82. The maximum absolute atomic E-state index is 11.2. The molecule has 0 amide bonds. The van der Waals surface area contributed by atoms with Crippen molar-refractivity contribution in [3.05, 3.63) is 72.8 Å². The van der Waals surface area contributed by atoms with Crippen LogP contribution in [0.3, 0.4) is 0 Å². The zero-order chi connectivity index (χ0) is 24.4. The SMILES string of the molecule is C=CCOc1c(C=O)cccc1OCCOCCOCCOc1cccc(C=O)c1OCC=C. The average molecular weight is 471 g/mol. The van der Waals surface area contributed by atoms with Crippen molar-refractivity contribution in [3.63, 3.8) is 0 Å². The van der Waals surface area contributed by atoms with E-state index in [2.05, 4.69) is 13.2 Å². The minimum Gasteiger partial charge on any atom is -0.487 e. The van der Waals surface area contributed by atoms with Crippen LogP contribution in [0.15, 0.2) is 61.7 Å². The topological polar surface area (TPSA) is 89.5 Å². The van der Waals surface area contributed by atoms with Gasteiger partial charge in [0, 0.05) is 0 Å². The van der Waals surface area contributed by atoms with Crippen LogP contribution in [0.2, 0.25) is 0 Å². The van der Waals surface area contributed by atoms with Crippen molar-refractivity contribution in [2.45, 2.75) is 0 Å². The summed E-state index contributed by atoms with van der Waals surface area (Å²) in [6, 6.07) is 10.2. The minimum absolute atomic E-state index is 0.268. The van der Waals surface area contributed by atoms with E-state index in [1.165, 1.54) is 0 Å². The Morgan fingerprint density at radius 3 is 1.38 bits per heavy atom. The molecule has 34 heavy (non-hydrogen) atoms. The molecule has 2 rings (SSSR count). The summed E-state index contributed by atoms with van der Waals surface area (Å²) in [5, 5.41) is 0. The van der Waals surface area contributed by atoms with Crippen LogP contribution in [0.1, 0.15) is 20.7 Å². The third-order valence-corrected chi connectivity index (χ3v) is 4.31. The molecule has 0 aromatic heterocycles. The Labute approximate surface area is 199 Å². The van der Waals surface area contributed by atoms with Gasteiger partial charge < -0.3 is 28.4 Å². The largest absolute Gasteiger partial charge is 0.487 e. The number of ether oxygens (including phenoxy) is 6. The van der Waals surface area contributed by atoms with E-state index < -0.39 is 0 Å². The molecule has 0 atom stereocenters. The summed E-state index contributed by atoms with van der Waals surface area (Å²) in [4.78, 5) is 22.4. The van der Waals surface area contributed by atoms with Crippen LogP contribution in [-0.4, -0.2) is 65.4 Å². The summed E-state index contributed by atoms with van der Waals surface area (Å²) in [5.41, 5.74) is 0.821. The van der Waals surface area contributed by atoms with Crippen molar-refractivity contribution >= 4 is 12.6 Å². The van der Waals surface area contributed by atoms with Crippen LogP contribution in [0.5, 0.6) is 23.0 Å². The fourth-order valence-corrected chi connectivity index (χ4v) is 2.82. The van der Waals surface area contributed by atoms with E-state index >= 15 is 0 Å².